The number of carbonyl (C=O) groups is 1. The summed E-state index contributed by atoms with van der Waals surface area (Å²) in [7, 11) is 0. The Morgan fingerprint density at radius 2 is 1.82 bits per heavy atom. The highest BCUT2D eigenvalue weighted by Gasteiger charge is 2.48. The average molecular weight is 555 g/mol. The molecular weight excluding hydrogens is 528 g/mol. The van der Waals surface area contributed by atoms with Crippen LogP contribution in [-0.2, 0) is 5.92 Å². The molecule has 2 aromatic carbocycles. The van der Waals surface area contributed by atoms with E-state index in [4.69, 9.17) is 4.74 Å². The fourth-order valence-electron chi connectivity index (χ4n) is 4.88. The number of pyridine rings is 1. The van der Waals surface area contributed by atoms with Crippen molar-refractivity contribution in [1.82, 2.24) is 9.97 Å². The molecule has 0 spiro atoms. The lowest BCUT2D eigenvalue weighted by molar-refractivity contribution is -0.594. The maximum atomic E-state index is 14.6. The molecule has 5 rings (SSSR count). The van der Waals surface area contributed by atoms with Crippen LogP contribution in [0.15, 0.2) is 54.9 Å². The molecule has 1 aliphatic rings. The van der Waals surface area contributed by atoms with Gasteiger partial charge < -0.3 is 15.3 Å². The summed E-state index contributed by atoms with van der Waals surface area (Å²) in [6, 6.07) is 9.70. The predicted molar refractivity (Wildman–Crippen MR) is 140 cm³/mol. The van der Waals surface area contributed by atoms with E-state index in [2.05, 4.69) is 15.3 Å². The average Bonchev–Trinajstić information content (AvgIpc) is 3.70. The van der Waals surface area contributed by atoms with Gasteiger partial charge in [0.15, 0.2) is 5.69 Å². The highest BCUT2D eigenvalue weighted by Crippen LogP contribution is 2.50. The van der Waals surface area contributed by atoms with Crippen LogP contribution in [0.25, 0.3) is 22.5 Å². The van der Waals surface area contributed by atoms with E-state index in [-0.39, 0.29) is 34.2 Å². The predicted octanol–water partition coefficient (Wildman–Crippen LogP) is 6.66. The molecule has 1 fully saturated rings. The molecular formula is C29H26F4N4O3. The van der Waals surface area contributed by atoms with Gasteiger partial charge in [0.1, 0.15) is 5.75 Å². The van der Waals surface area contributed by atoms with Crippen LogP contribution in [-0.4, -0.2) is 22.5 Å². The van der Waals surface area contributed by atoms with Crippen LogP contribution in [0, 0.1) is 31.9 Å². The number of halogens is 4. The molecule has 1 amide bonds. The van der Waals surface area contributed by atoms with Crippen LogP contribution >= 0.6 is 0 Å². The van der Waals surface area contributed by atoms with Crippen molar-refractivity contribution in [1.29, 1.82) is 0 Å². The second kappa shape index (κ2) is 10.3. The van der Waals surface area contributed by atoms with Crippen LogP contribution in [0.5, 0.6) is 5.75 Å². The van der Waals surface area contributed by atoms with E-state index in [9.17, 15) is 27.6 Å². The summed E-state index contributed by atoms with van der Waals surface area (Å²) in [6.07, 6.45) is 4.07. The van der Waals surface area contributed by atoms with Crippen molar-refractivity contribution in [2.24, 2.45) is 5.92 Å². The third kappa shape index (κ3) is 5.11. The second-order valence-corrected chi connectivity index (χ2v) is 9.91. The topological polar surface area (TPSA) is 94.0 Å². The van der Waals surface area contributed by atoms with Crippen molar-refractivity contribution in [3.05, 3.63) is 88.1 Å². The Morgan fingerprint density at radius 3 is 2.48 bits per heavy atom. The van der Waals surface area contributed by atoms with Gasteiger partial charge in [-0.3, -0.25) is 9.78 Å². The van der Waals surface area contributed by atoms with Gasteiger partial charge in [-0.1, -0.05) is 12.1 Å². The molecule has 0 saturated heterocycles. The summed E-state index contributed by atoms with van der Waals surface area (Å²) in [6.45, 7) is 2.01. The van der Waals surface area contributed by atoms with E-state index in [1.165, 1.54) is 49.4 Å². The first-order valence-corrected chi connectivity index (χ1v) is 12.6. The monoisotopic (exact) mass is 554 g/mol. The summed E-state index contributed by atoms with van der Waals surface area (Å²) in [4.78, 5) is 20.1. The Balaban J connectivity index is 1.50. The molecule has 0 bridgehead atoms. The lowest BCUT2D eigenvalue weighted by atomic mass is 9.95. The molecule has 2 aromatic heterocycles. The molecule has 0 radical (unpaired) electrons. The highest BCUT2D eigenvalue weighted by molar-refractivity contribution is 6.02. The lowest BCUT2D eigenvalue weighted by Gasteiger charge is -2.17. The molecule has 0 aliphatic heterocycles. The fourth-order valence-corrected chi connectivity index (χ4v) is 4.88. The number of hydrogen-bond acceptors (Lipinski definition) is 4. The van der Waals surface area contributed by atoms with Gasteiger partial charge in [0.2, 0.25) is 5.69 Å². The van der Waals surface area contributed by atoms with Crippen LogP contribution in [0.4, 0.5) is 23.2 Å². The van der Waals surface area contributed by atoms with Gasteiger partial charge in [0.25, 0.3) is 17.7 Å². The zero-order valence-corrected chi connectivity index (χ0v) is 21.9. The van der Waals surface area contributed by atoms with Crippen molar-refractivity contribution < 1.29 is 31.8 Å². The summed E-state index contributed by atoms with van der Waals surface area (Å²) < 4.78 is 60.7. The van der Waals surface area contributed by atoms with Gasteiger partial charge in [-0.15, -0.1) is 0 Å². The van der Waals surface area contributed by atoms with Gasteiger partial charge in [0.05, 0.1) is 5.56 Å². The quantitative estimate of drug-likeness (QED) is 0.145. The molecule has 2 N–H and O–H groups in total. The number of aryl methyl sites for hydroxylation is 3. The minimum absolute atomic E-state index is 0.00845. The third-order valence-corrected chi connectivity index (χ3v) is 6.94. The normalized spacial score (nSPS) is 13.5. The Bertz CT molecular complexity index is 1580. The Kier molecular flexibility index (Phi) is 6.99. The summed E-state index contributed by atoms with van der Waals surface area (Å²) in [5.41, 5.74) is 2.57. The third-order valence-electron chi connectivity index (χ3n) is 6.94. The Hall–Kier alpha value is -4.41. The van der Waals surface area contributed by atoms with Gasteiger partial charge in [-0.2, -0.15) is 8.78 Å². The number of imidazole rings is 1. The molecule has 11 heteroatoms. The summed E-state index contributed by atoms with van der Waals surface area (Å²) >= 11 is 0. The second-order valence-electron chi connectivity index (χ2n) is 9.91. The largest absolute Gasteiger partial charge is 0.710 e. The standard InChI is InChI=1S/C29H26F4N4O3/c1-15-13-34-14-16(2)24(15)22-11-18(7-10-23(22)40-28(30)31)26-35-17(3)25(37(26)39)27(38)36-21-6-4-5-20(12-21)29(32,33)19-8-9-19/h4-7,10-14,19,28,35H,8-9H2,1-3H3,(H,36,38). The molecule has 208 valence electrons. The zero-order valence-electron chi connectivity index (χ0n) is 21.9. The van der Waals surface area contributed by atoms with Gasteiger partial charge in [0, 0.05) is 42.0 Å². The first-order chi connectivity index (χ1) is 19.0. The van der Waals surface area contributed by atoms with Gasteiger partial charge >= 0.3 is 6.61 Å². The van der Waals surface area contributed by atoms with Crippen LogP contribution in [0.2, 0.25) is 0 Å². The van der Waals surface area contributed by atoms with Crippen molar-refractivity contribution in [3.8, 4) is 28.3 Å². The van der Waals surface area contributed by atoms with E-state index >= 15 is 0 Å². The number of amides is 1. The van der Waals surface area contributed by atoms with Crippen LogP contribution < -0.4 is 14.8 Å². The van der Waals surface area contributed by atoms with Gasteiger partial charge in [-0.05, 0) is 73.7 Å². The Morgan fingerprint density at radius 1 is 1.12 bits per heavy atom. The first-order valence-electron chi connectivity index (χ1n) is 12.6. The summed E-state index contributed by atoms with van der Waals surface area (Å²) in [5, 5.41) is 15.9. The van der Waals surface area contributed by atoms with E-state index in [1.807, 2.05) is 0 Å². The number of nitrogens with one attached hydrogen (secondary N) is 2. The SMILES string of the molecule is Cc1cncc(C)c1-c1cc(-c2[nH]c(C)c(C(=O)Nc3cccc(C(F)(F)C4CC4)c3)[n+]2[O-])ccc1OC(F)F. The maximum absolute atomic E-state index is 14.6. The number of alkyl halides is 4. The minimum atomic E-state index is -3.07. The molecule has 0 atom stereocenters. The zero-order chi connectivity index (χ0) is 28.8. The number of rotatable bonds is 8. The molecule has 1 aliphatic carbocycles. The molecule has 1 saturated carbocycles. The number of ether oxygens (including phenoxy) is 1. The number of aromatic amines is 1. The molecule has 0 unspecified atom stereocenters. The van der Waals surface area contributed by atoms with Crippen molar-refractivity contribution >= 4 is 11.6 Å². The molecule has 40 heavy (non-hydrogen) atoms. The van der Waals surface area contributed by atoms with E-state index in [0.29, 0.717) is 45.4 Å². The summed E-state index contributed by atoms with van der Waals surface area (Å²) in [5.74, 6) is -4.59. The maximum Gasteiger partial charge on any atom is 0.387 e. The van der Waals surface area contributed by atoms with Crippen molar-refractivity contribution in [2.45, 2.75) is 46.1 Å². The number of aromatic nitrogens is 3. The lowest BCUT2D eigenvalue weighted by Crippen LogP contribution is -2.36. The number of benzene rings is 2. The van der Waals surface area contributed by atoms with E-state index in [1.54, 1.807) is 26.2 Å². The molecule has 7 nitrogen and oxygen atoms in total. The first kappa shape index (κ1) is 27.2. The number of nitrogens with zero attached hydrogens (tertiary/aromatic N) is 2. The van der Waals surface area contributed by atoms with E-state index in [0.717, 1.165) is 0 Å². The Labute approximate surface area is 227 Å². The number of hydrogen-bond donors (Lipinski definition) is 2. The van der Waals surface area contributed by atoms with Gasteiger partial charge in [-0.25, -0.2) is 18.5 Å². The number of H-pyrrole nitrogens is 1. The van der Waals surface area contributed by atoms with Crippen molar-refractivity contribution in [2.75, 3.05) is 5.32 Å². The molecule has 4 aromatic rings. The highest BCUT2D eigenvalue weighted by atomic mass is 19.3. The minimum Gasteiger partial charge on any atom is -0.710 e. The van der Waals surface area contributed by atoms with Crippen molar-refractivity contribution in [3.63, 3.8) is 0 Å². The fraction of sp³-hybridized carbons (Fsp3) is 0.276. The molecule has 2 heterocycles. The smallest absolute Gasteiger partial charge is 0.387 e. The number of carbonyl (C=O) groups excluding carboxylic acids is 1. The van der Waals surface area contributed by atoms with Crippen LogP contribution in [0.1, 0.15) is 45.7 Å². The number of anilines is 1. The van der Waals surface area contributed by atoms with E-state index < -0.39 is 24.4 Å². The van der Waals surface area contributed by atoms with Crippen LogP contribution in [0.3, 0.4) is 0 Å².